The summed E-state index contributed by atoms with van der Waals surface area (Å²) in [4.78, 5) is 0.402. The highest BCUT2D eigenvalue weighted by Crippen LogP contribution is 2.35. The van der Waals surface area contributed by atoms with Crippen molar-refractivity contribution in [1.82, 2.24) is 0 Å². The third-order valence-electron chi connectivity index (χ3n) is 1.64. The molecule has 1 aromatic carbocycles. The third kappa shape index (κ3) is 1.26. The van der Waals surface area contributed by atoms with Crippen LogP contribution >= 0.6 is 11.6 Å². The van der Waals surface area contributed by atoms with Gasteiger partial charge in [-0.25, -0.2) is 8.42 Å². The predicted molar refractivity (Wildman–Crippen MR) is 48.3 cm³/mol. The highest BCUT2D eigenvalue weighted by molar-refractivity contribution is 8.10. The number of rotatable bonds is 1. The molecule has 0 unspecified atom stereocenters. The molecule has 0 amide bonds. The molecule has 2 rings (SSSR count). The van der Waals surface area contributed by atoms with Crippen LogP contribution in [-0.2, 0) is 9.84 Å². The number of sulfone groups is 1. The lowest BCUT2D eigenvalue weighted by atomic mass is 10.2. The Morgan fingerprint density at radius 3 is 2.00 bits per heavy atom. The summed E-state index contributed by atoms with van der Waals surface area (Å²) in [5, 5.41) is 1.85. The lowest BCUT2D eigenvalue weighted by molar-refractivity contribution is 0.618. The van der Waals surface area contributed by atoms with E-state index in [4.69, 9.17) is 11.6 Å². The molecule has 12 heavy (non-hydrogen) atoms. The van der Waals surface area contributed by atoms with Crippen molar-refractivity contribution in [3.05, 3.63) is 40.3 Å². The second kappa shape index (κ2) is 2.34. The van der Waals surface area contributed by atoms with Gasteiger partial charge < -0.3 is 0 Å². The van der Waals surface area contributed by atoms with E-state index in [0.29, 0.717) is 15.5 Å². The smallest absolute Gasteiger partial charge is 0.202 e. The van der Waals surface area contributed by atoms with Gasteiger partial charge in [0.15, 0.2) is 0 Å². The zero-order valence-electron chi connectivity index (χ0n) is 5.99. The summed E-state index contributed by atoms with van der Waals surface area (Å²) in [6, 6.07) is 6.73. The Balaban J connectivity index is 2.39. The Labute approximate surface area is 75.4 Å². The van der Waals surface area contributed by atoms with Gasteiger partial charge in [0.1, 0.15) is 0 Å². The van der Waals surface area contributed by atoms with E-state index < -0.39 is 9.84 Å². The molecule has 0 saturated carbocycles. The van der Waals surface area contributed by atoms with Gasteiger partial charge in [0.2, 0.25) is 9.84 Å². The van der Waals surface area contributed by atoms with Crippen LogP contribution in [0, 0.1) is 0 Å². The van der Waals surface area contributed by atoms with Crippen LogP contribution in [0.15, 0.2) is 29.7 Å². The van der Waals surface area contributed by atoms with Gasteiger partial charge in [-0.3, -0.25) is 0 Å². The molecule has 0 N–H and O–H groups in total. The van der Waals surface area contributed by atoms with Crippen molar-refractivity contribution in [3.63, 3.8) is 0 Å². The normalized spacial score (nSPS) is 18.6. The van der Waals surface area contributed by atoms with Gasteiger partial charge in [0.05, 0.1) is 10.3 Å². The van der Waals surface area contributed by atoms with E-state index >= 15 is 0 Å². The molecule has 0 saturated heterocycles. The standard InChI is InChI=1S/C8H5ClO2S/c9-7-3-1-6(2-4-7)8-5-12(8,10)11/h1-5H. The molecular weight excluding hydrogens is 196 g/mol. The SMILES string of the molecule is O=S1(=O)C=C1c1ccc(Cl)cc1. The first-order valence-corrected chi connectivity index (χ1v) is 5.25. The molecule has 0 spiro atoms. The lowest BCUT2D eigenvalue weighted by Gasteiger charge is -1.91. The summed E-state index contributed by atoms with van der Waals surface area (Å²) in [6.07, 6.45) is 0. The molecule has 1 aliphatic rings. The fourth-order valence-corrected chi connectivity index (χ4v) is 2.16. The molecule has 0 aromatic heterocycles. The van der Waals surface area contributed by atoms with Gasteiger partial charge in [-0.1, -0.05) is 23.7 Å². The first kappa shape index (κ1) is 7.83. The zero-order valence-corrected chi connectivity index (χ0v) is 7.56. The van der Waals surface area contributed by atoms with Crippen LogP contribution < -0.4 is 0 Å². The molecule has 62 valence electrons. The third-order valence-corrected chi connectivity index (χ3v) is 3.15. The average molecular weight is 201 g/mol. The molecule has 4 heteroatoms. The molecule has 0 radical (unpaired) electrons. The van der Waals surface area contributed by atoms with Crippen LogP contribution in [0.4, 0.5) is 0 Å². The van der Waals surface area contributed by atoms with Gasteiger partial charge >= 0.3 is 0 Å². The second-order valence-corrected chi connectivity index (χ2v) is 4.74. The first-order chi connectivity index (χ1) is 5.59. The minimum atomic E-state index is -2.97. The van der Waals surface area contributed by atoms with Gasteiger partial charge in [-0.15, -0.1) is 0 Å². The fraction of sp³-hybridized carbons (Fsp3) is 0. The van der Waals surface area contributed by atoms with Crippen LogP contribution in [0.2, 0.25) is 5.02 Å². The van der Waals surface area contributed by atoms with E-state index in [9.17, 15) is 8.42 Å². The van der Waals surface area contributed by atoms with Crippen LogP contribution in [0.1, 0.15) is 5.56 Å². The van der Waals surface area contributed by atoms with Gasteiger partial charge in [-0.2, -0.15) is 0 Å². The number of halogens is 1. The summed E-state index contributed by atoms with van der Waals surface area (Å²) >= 11 is 5.64. The van der Waals surface area contributed by atoms with E-state index in [2.05, 4.69) is 0 Å². The zero-order chi connectivity index (χ0) is 8.77. The minimum Gasteiger partial charge on any atom is -0.219 e. The molecule has 2 nitrogen and oxygen atoms in total. The van der Waals surface area contributed by atoms with Gasteiger partial charge in [0.25, 0.3) is 0 Å². The topological polar surface area (TPSA) is 34.1 Å². The monoisotopic (exact) mass is 200 g/mol. The molecule has 0 bridgehead atoms. The predicted octanol–water partition coefficient (Wildman–Crippen LogP) is 2.07. The van der Waals surface area contributed by atoms with E-state index in [-0.39, 0.29) is 0 Å². The minimum absolute atomic E-state index is 0.402. The van der Waals surface area contributed by atoms with Crippen LogP contribution in [0.5, 0.6) is 0 Å². The largest absolute Gasteiger partial charge is 0.219 e. The Hall–Kier alpha value is -0.800. The molecule has 1 aromatic rings. The average Bonchev–Trinajstić information content (AvgIpc) is 2.61. The summed E-state index contributed by atoms with van der Waals surface area (Å²) in [7, 11) is -2.97. The summed E-state index contributed by atoms with van der Waals surface area (Å²) in [5.41, 5.74) is 0.708. The number of benzene rings is 1. The van der Waals surface area contributed by atoms with Crippen LogP contribution in [-0.4, -0.2) is 8.42 Å². The van der Waals surface area contributed by atoms with Crippen molar-refractivity contribution in [2.24, 2.45) is 0 Å². The number of hydrogen-bond donors (Lipinski definition) is 0. The van der Waals surface area contributed by atoms with E-state index in [1.54, 1.807) is 24.3 Å². The first-order valence-electron chi connectivity index (χ1n) is 3.32. The Bertz CT molecular complexity index is 442. The fourth-order valence-electron chi connectivity index (χ4n) is 0.963. The summed E-state index contributed by atoms with van der Waals surface area (Å²) in [6.45, 7) is 0. The highest BCUT2D eigenvalue weighted by atomic mass is 35.5. The van der Waals surface area contributed by atoms with Crippen molar-refractivity contribution >= 4 is 26.3 Å². The van der Waals surface area contributed by atoms with Crippen molar-refractivity contribution in [1.29, 1.82) is 0 Å². The molecule has 1 aliphatic heterocycles. The van der Waals surface area contributed by atoms with E-state index in [1.165, 1.54) is 5.41 Å². The Morgan fingerprint density at radius 1 is 1.08 bits per heavy atom. The Morgan fingerprint density at radius 2 is 1.58 bits per heavy atom. The lowest BCUT2D eigenvalue weighted by Crippen LogP contribution is -1.78. The second-order valence-electron chi connectivity index (χ2n) is 2.53. The molecule has 0 atom stereocenters. The van der Waals surface area contributed by atoms with Crippen molar-refractivity contribution in [2.45, 2.75) is 0 Å². The summed E-state index contributed by atoms with van der Waals surface area (Å²) < 4.78 is 21.7. The quantitative estimate of drug-likeness (QED) is 0.696. The number of hydrogen-bond acceptors (Lipinski definition) is 2. The molecule has 0 aliphatic carbocycles. The maximum Gasteiger partial charge on any atom is 0.202 e. The van der Waals surface area contributed by atoms with Crippen molar-refractivity contribution in [3.8, 4) is 0 Å². The Kier molecular flexibility index (Phi) is 1.53. The van der Waals surface area contributed by atoms with Crippen molar-refractivity contribution < 1.29 is 8.42 Å². The van der Waals surface area contributed by atoms with Crippen LogP contribution in [0.25, 0.3) is 4.91 Å². The molecule has 0 fully saturated rings. The highest BCUT2D eigenvalue weighted by Gasteiger charge is 2.31. The van der Waals surface area contributed by atoms with Gasteiger partial charge in [0, 0.05) is 5.02 Å². The van der Waals surface area contributed by atoms with Gasteiger partial charge in [-0.05, 0) is 17.7 Å². The summed E-state index contributed by atoms with van der Waals surface area (Å²) in [5.74, 6) is 0. The van der Waals surface area contributed by atoms with E-state index in [1.807, 2.05) is 0 Å². The maximum atomic E-state index is 10.8. The molecule has 1 heterocycles. The maximum absolute atomic E-state index is 10.8. The van der Waals surface area contributed by atoms with Crippen molar-refractivity contribution in [2.75, 3.05) is 0 Å². The van der Waals surface area contributed by atoms with Crippen LogP contribution in [0.3, 0.4) is 0 Å². The van der Waals surface area contributed by atoms with E-state index in [0.717, 1.165) is 0 Å². The molecular formula is C8H5ClO2S.